The number of aliphatic hydroxyl groups excluding tert-OH is 1. The van der Waals surface area contributed by atoms with Gasteiger partial charge in [-0.25, -0.2) is 0 Å². The third-order valence-corrected chi connectivity index (χ3v) is 4.43. The minimum atomic E-state index is -5.18. The van der Waals surface area contributed by atoms with Crippen molar-refractivity contribution in [2.45, 2.75) is 24.4 Å². The predicted octanol–water partition coefficient (Wildman–Crippen LogP) is 3.26. The fourth-order valence-corrected chi connectivity index (χ4v) is 2.82. The normalized spacial score (nSPS) is 21.1. The summed E-state index contributed by atoms with van der Waals surface area (Å²) in [7, 11) is 0. The van der Waals surface area contributed by atoms with E-state index in [0.29, 0.717) is 5.02 Å². The third-order valence-electron chi connectivity index (χ3n) is 4.17. The van der Waals surface area contributed by atoms with Gasteiger partial charge in [-0.3, -0.25) is 4.79 Å². The SMILES string of the molecule is O=C(C(O)c1ccccc1)N1N=C(c2ccc(Cl)cc2)CC1(O)C(F)(F)F. The molecule has 142 valence electrons. The van der Waals surface area contributed by atoms with Gasteiger partial charge in [0.25, 0.3) is 11.6 Å². The molecule has 2 atom stereocenters. The molecule has 5 nitrogen and oxygen atoms in total. The van der Waals surface area contributed by atoms with Crippen LogP contribution in [-0.2, 0) is 4.79 Å². The van der Waals surface area contributed by atoms with Gasteiger partial charge in [0.2, 0.25) is 0 Å². The van der Waals surface area contributed by atoms with Gasteiger partial charge in [0.15, 0.2) is 6.10 Å². The van der Waals surface area contributed by atoms with E-state index in [1.165, 1.54) is 48.5 Å². The van der Waals surface area contributed by atoms with Crippen LogP contribution < -0.4 is 0 Å². The molecule has 0 saturated heterocycles. The molecule has 2 N–H and O–H groups in total. The molecule has 0 aromatic heterocycles. The van der Waals surface area contributed by atoms with Crippen molar-refractivity contribution in [3.05, 3.63) is 70.7 Å². The van der Waals surface area contributed by atoms with Crippen LogP contribution in [0.1, 0.15) is 23.7 Å². The maximum Gasteiger partial charge on any atom is 0.438 e. The lowest BCUT2D eigenvalue weighted by molar-refractivity contribution is -0.303. The highest BCUT2D eigenvalue weighted by Crippen LogP contribution is 2.42. The second-order valence-corrected chi connectivity index (χ2v) is 6.44. The first-order valence-electron chi connectivity index (χ1n) is 7.83. The molecule has 3 rings (SSSR count). The summed E-state index contributed by atoms with van der Waals surface area (Å²) >= 11 is 5.77. The summed E-state index contributed by atoms with van der Waals surface area (Å²) < 4.78 is 40.7. The number of hydrogen-bond acceptors (Lipinski definition) is 4. The summed E-state index contributed by atoms with van der Waals surface area (Å²) in [5, 5.41) is 24.4. The lowest BCUT2D eigenvalue weighted by Crippen LogP contribution is -2.57. The second-order valence-electron chi connectivity index (χ2n) is 6.01. The van der Waals surface area contributed by atoms with Crippen LogP contribution in [0.15, 0.2) is 59.7 Å². The molecule has 1 amide bonds. The lowest BCUT2D eigenvalue weighted by atomic mass is 10.00. The molecule has 1 aliphatic heterocycles. The van der Waals surface area contributed by atoms with E-state index >= 15 is 0 Å². The number of halogens is 4. The van der Waals surface area contributed by atoms with E-state index in [9.17, 15) is 28.2 Å². The molecule has 1 heterocycles. The Morgan fingerprint density at radius 2 is 1.74 bits per heavy atom. The van der Waals surface area contributed by atoms with Crippen molar-refractivity contribution in [3.63, 3.8) is 0 Å². The number of hydrazone groups is 1. The smallest absolute Gasteiger partial charge is 0.378 e. The first-order valence-corrected chi connectivity index (χ1v) is 8.21. The van der Waals surface area contributed by atoms with Crippen molar-refractivity contribution < 1.29 is 28.2 Å². The number of aliphatic hydroxyl groups is 2. The highest BCUT2D eigenvalue weighted by atomic mass is 35.5. The van der Waals surface area contributed by atoms with Crippen LogP contribution in [0.2, 0.25) is 5.02 Å². The molecule has 0 aliphatic carbocycles. The minimum absolute atomic E-state index is 0.0853. The lowest BCUT2D eigenvalue weighted by Gasteiger charge is -2.33. The molecular weight excluding hydrogens is 385 g/mol. The topological polar surface area (TPSA) is 73.1 Å². The van der Waals surface area contributed by atoms with Crippen molar-refractivity contribution >= 4 is 23.2 Å². The van der Waals surface area contributed by atoms with Gasteiger partial charge in [-0.2, -0.15) is 23.3 Å². The van der Waals surface area contributed by atoms with Crippen LogP contribution in [0, 0.1) is 0 Å². The van der Waals surface area contributed by atoms with Gasteiger partial charge < -0.3 is 10.2 Å². The Labute approximate surface area is 157 Å². The molecule has 0 saturated carbocycles. The van der Waals surface area contributed by atoms with E-state index in [4.69, 9.17) is 11.6 Å². The summed E-state index contributed by atoms with van der Waals surface area (Å²) in [4.78, 5) is 12.5. The van der Waals surface area contributed by atoms with Crippen LogP contribution >= 0.6 is 11.6 Å². The van der Waals surface area contributed by atoms with Crippen LogP contribution in [0.25, 0.3) is 0 Å². The van der Waals surface area contributed by atoms with Crippen LogP contribution in [0.4, 0.5) is 13.2 Å². The van der Waals surface area contributed by atoms with Gasteiger partial charge in [0.1, 0.15) is 0 Å². The van der Waals surface area contributed by atoms with Gasteiger partial charge in [-0.05, 0) is 23.3 Å². The number of carbonyl (C=O) groups excluding carboxylic acids is 1. The molecule has 0 bridgehead atoms. The quantitative estimate of drug-likeness (QED) is 0.833. The molecule has 1 aliphatic rings. The van der Waals surface area contributed by atoms with E-state index in [1.807, 2.05) is 0 Å². The molecule has 0 radical (unpaired) electrons. The second kappa shape index (κ2) is 6.95. The van der Waals surface area contributed by atoms with Gasteiger partial charge in [-0.15, -0.1) is 0 Å². The zero-order valence-corrected chi connectivity index (χ0v) is 14.4. The average molecular weight is 399 g/mol. The Hall–Kier alpha value is -2.42. The number of nitrogens with zero attached hydrogens (tertiary/aromatic N) is 2. The number of alkyl halides is 3. The Balaban J connectivity index is 2.00. The zero-order valence-electron chi connectivity index (χ0n) is 13.7. The van der Waals surface area contributed by atoms with Crippen LogP contribution in [0.5, 0.6) is 0 Å². The van der Waals surface area contributed by atoms with Gasteiger partial charge in [0, 0.05) is 5.02 Å². The Morgan fingerprint density at radius 3 is 2.30 bits per heavy atom. The highest BCUT2D eigenvalue weighted by Gasteiger charge is 2.63. The number of rotatable bonds is 3. The molecule has 2 aromatic rings. The average Bonchev–Trinajstić information content (AvgIpc) is 3.00. The standard InChI is InChI=1S/C18H14ClF3N2O3/c19-13-8-6-11(7-9-13)14-10-17(27,18(20,21)22)24(23-14)16(26)15(25)12-4-2-1-3-5-12/h1-9,15,25,27H,10H2. The van der Waals surface area contributed by atoms with Crippen molar-refractivity contribution in [3.8, 4) is 0 Å². The van der Waals surface area contributed by atoms with E-state index < -0.39 is 30.3 Å². The fraction of sp³-hybridized carbons (Fsp3) is 0.222. The first-order chi connectivity index (χ1) is 12.6. The largest absolute Gasteiger partial charge is 0.438 e. The highest BCUT2D eigenvalue weighted by molar-refractivity contribution is 6.30. The number of benzene rings is 2. The summed E-state index contributed by atoms with van der Waals surface area (Å²) in [6.45, 7) is 0. The summed E-state index contributed by atoms with van der Waals surface area (Å²) in [6.07, 6.45) is -8.06. The van der Waals surface area contributed by atoms with E-state index in [-0.39, 0.29) is 21.8 Å². The van der Waals surface area contributed by atoms with Crippen LogP contribution in [0.3, 0.4) is 0 Å². The number of hydrogen-bond donors (Lipinski definition) is 2. The third kappa shape index (κ3) is 3.55. The number of carbonyl (C=O) groups is 1. The van der Waals surface area contributed by atoms with Gasteiger partial charge in [-0.1, -0.05) is 54.1 Å². The van der Waals surface area contributed by atoms with Gasteiger partial charge >= 0.3 is 6.18 Å². The van der Waals surface area contributed by atoms with E-state index in [1.54, 1.807) is 6.07 Å². The minimum Gasteiger partial charge on any atom is -0.378 e. The number of amides is 1. The van der Waals surface area contributed by atoms with Gasteiger partial charge in [0.05, 0.1) is 12.1 Å². The summed E-state index contributed by atoms with van der Waals surface area (Å²) in [5.74, 6) is -1.38. The Bertz CT molecular complexity index is 872. The maximum absolute atomic E-state index is 13.6. The molecule has 2 aromatic carbocycles. The van der Waals surface area contributed by atoms with Crippen molar-refractivity contribution in [2.24, 2.45) is 5.10 Å². The fourth-order valence-electron chi connectivity index (χ4n) is 2.69. The van der Waals surface area contributed by atoms with E-state index in [0.717, 1.165) is 0 Å². The first kappa shape index (κ1) is 19.3. The molecule has 9 heteroatoms. The Kier molecular flexibility index (Phi) is 4.98. The molecule has 0 spiro atoms. The van der Waals surface area contributed by atoms with Crippen molar-refractivity contribution in [1.29, 1.82) is 0 Å². The summed E-state index contributed by atoms with van der Waals surface area (Å²) in [5.41, 5.74) is -3.36. The predicted molar refractivity (Wildman–Crippen MR) is 91.9 cm³/mol. The van der Waals surface area contributed by atoms with Crippen molar-refractivity contribution in [1.82, 2.24) is 5.01 Å². The zero-order chi connectivity index (χ0) is 19.8. The monoisotopic (exact) mass is 398 g/mol. The summed E-state index contributed by atoms with van der Waals surface area (Å²) in [6, 6.07) is 13.2. The van der Waals surface area contributed by atoms with Crippen molar-refractivity contribution in [2.75, 3.05) is 0 Å². The molecule has 2 unspecified atom stereocenters. The molecule has 27 heavy (non-hydrogen) atoms. The maximum atomic E-state index is 13.6. The van der Waals surface area contributed by atoms with Crippen LogP contribution in [-0.4, -0.2) is 38.7 Å². The molecule has 0 fully saturated rings. The Morgan fingerprint density at radius 1 is 1.15 bits per heavy atom. The molecular formula is C18H14ClF3N2O3. The van der Waals surface area contributed by atoms with E-state index in [2.05, 4.69) is 5.10 Å².